The highest BCUT2D eigenvalue weighted by Gasteiger charge is 2.45. The van der Waals surface area contributed by atoms with Crippen molar-refractivity contribution in [1.29, 1.82) is 0 Å². The highest BCUT2D eigenvalue weighted by molar-refractivity contribution is 9.10. The van der Waals surface area contributed by atoms with Crippen LogP contribution in [0.15, 0.2) is 63.3 Å². The molecule has 3 N–H and O–H groups in total. The molecule has 186 valence electrons. The molecule has 0 saturated heterocycles. The van der Waals surface area contributed by atoms with Crippen molar-refractivity contribution in [3.8, 4) is 5.75 Å². The van der Waals surface area contributed by atoms with Gasteiger partial charge in [0, 0.05) is 22.1 Å². The van der Waals surface area contributed by atoms with E-state index in [0.717, 1.165) is 16.9 Å². The van der Waals surface area contributed by atoms with Gasteiger partial charge in [0.05, 0.1) is 6.04 Å². The summed E-state index contributed by atoms with van der Waals surface area (Å²) in [5, 5.41) is 13.9. The van der Waals surface area contributed by atoms with E-state index in [1.165, 1.54) is 6.07 Å². The number of fused-ring (bicyclic) bond motifs is 1. The Balaban J connectivity index is 1.59. The lowest BCUT2D eigenvalue weighted by atomic mass is 9.86. The van der Waals surface area contributed by atoms with E-state index in [4.69, 9.17) is 16.3 Å². The second-order valence-corrected chi connectivity index (χ2v) is 13.1. The normalized spacial score (nSPS) is 19.0. The lowest BCUT2D eigenvalue weighted by Gasteiger charge is -2.42. The van der Waals surface area contributed by atoms with Crippen LogP contribution in [0.3, 0.4) is 0 Å². The standard InChI is InChI=1S/C24H24BrClN2O5S2/c1-24(2)21(29)20(28-35(31,32)19-13-17(25)22(26)34-19)16-12-15(8-9-18(16)33-24)23(30)27-11-10-14-6-4-3-5-7-14/h3-9,12-13,20-21,28-29H,10-11H2,1-2H3,(H,27,30)/t20-,21+/m1/s1. The van der Waals surface area contributed by atoms with Crippen molar-refractivity contribution in [3.05, 3.63) is 80.1 Å². The summed E-state index contributed by atoms with van der Waals surface area (Å²) in [6.45, 7) is 3.78. The van der Waals surface area contributed by atoms with Gasteiger partial charge >= 0.3 is 0 Å². The summed E-state index contributed by atoms with van der Waals surface area (Å²) >= 11 is 10.2. The maximum atomic E-state index is 13.1. The van der Waals surface area contributed by atoms with E-state index in [9.17, 15) is 18.3 Å². The molecule has 11 heteroatoms. The molecule has 0 unspecified atom stereocenters. The van der Waals surface area contributed by atoms with Crippen LogP contribution in [0.4, 0.5) is 0 Å². The number of hydrogen-bond acceptors (Lipinski definition) is 6. The number of sulfonamides is 1. The zero-order chi connectivity index (χ0) is 25.4. The number of ether oxygens (including phenoxy) is 1. The SMILES string of the molecule is CC1(C)Oc2ccc(C(=O)NCCc3ccccc3)cc2[C@@H](NS(=O)(=O)c2cc(Br)c(Cl)s2)[C@@H]1O. The number of benzene rings is 2. The van der Waals surface area contributed by atoms with Crippen LogP contribution >= 0.6 is 38.9 Å². The first-order chi connectivity index (χ1) is 16.5. The van der Waals surface area contributed by atoms with Crippen molar-refractivity contribution in [2.24, 2.45) is 0 Å². The van der Waals surface area contributed by atoms with Crippen LogP contribution < -0.4 is 14.8 Å². The lowest BCUT2D eigenvalue weighted by Crippen LogP contribution is -2.53. The second kappa shape index (κ2) is 10.2. The summed E-state index contributed by atoms with van der Waals surface area (Å²) in [6, 6.07) is 14.9. The van der Waals surface area contributed by atoms with Gasteiger partial charge in [-0.05, 0) is 66.0 Å². The number of rotatable bonds is 7. The molecule has 35 heavy (non-hydrogen) atoms. The van der Waals surface area contributed by atoms with Gasteiger partial charge in [-0.15, -0.1) is 11.3 Å². The molecule has 1 aliphatic heterocycles. The first-order valence-electron chi connectivity index (χ1n) is 10.8. The molecule has 0 spiro atoms. The summed E-state index contributed by atoms with van der Waals surface area (Å²) in [7, 11) is -4.03. The van der Waals surface area contributed by atoms with E-state index in [1.807, 2.05) is 30.3 Å². The number of hydrogen-bond donors (Lipinski definition) is 3. The van der Waals surface area contributed by atoms with Gasteiger partial charge in [0.15, 0.2) is 0 Å². The van der Waals surface area contributed by atoms with Crippen LogP contribution in [0.5, 0.6) is 5.75 Å². The number of halogens is 2. The maximum Gasteiger partial charge on any atom is 0.251 e. The zero-order valence-corrected chi connectivity index (χ0v) is 22.9. The molecule has 1 aromatic heterocycles. The Morgan fingerprint density at radius 2 is 1.91 bits per heavy atom. The van der Waals surface area contributed by atoms with E-state index in [0.29, 0.717) is 38.7 Å². The average Bonchev–Trinajstić information content (AvgIpc) is 3.16. The maximum absolute atomic E-state index is 13.1. The van der Waals surface area contributed by atoms with Gasteiger partial charge in [-0.1, -0.05) is 41.9 Å². The Labute approximate surface area is 221 Å². The average molecular weight is 600 g/mol. The molecule has 3 aromatic rings. The molecule has 0 aliphatic carbocycles. The molecule has 1 amide bonds. The predicted octanol–water partition coefficient (Wildman–Crippen LogP) is 4.69. The van der Waals surface area contributed by atoms with Crippen LogP contribution in [0.1, 0.15) is 41.4 Å². The van der Waals surface area contributed by atoms with Crippen LogP contribution in [0.2, 0.25) is 4.34 Å². The third kappa shape index (κ3) is 5.73. The number of aliphatic hydroxyl groups is 1. The van der Waals surface area contributed by atoms with Crippen molar-refractivity contribution in [2.45, 2.75) is 42.2 Å². The molecule has 7 nitrogen and oxygen atoms in total. The van der Waals surface area contributed by atoms with Crippen LogP contribution in [-0.4, -0.2) is 37.7 Å². The van der Waals surface area contributed by atoms with Gasteiger partial charge in [-0.3, -0.25) is 4.79 Å². The second-order valence-electron chi connectivity index (χ2n) is 8.68. The smallest absolute Gasteiger partial charge is 0.251 e. The van der Waals surface area contributed by atoms with Gasteiger partial charge < -0.3 is 15.2 Å². The molecule has 0 bridgehead atoms. The zero-order valence-electron chi connectivity index (χ0n) is 18.9. The fourth-order valence-corrected chi connectivity index (χ4v) is 7.36. The summed E-state index contributed by atoms with van der Waals surface area (Å²) in [4.78, 5) is 12.8. The summed E-state index contributed by atoms with van der Waals surface area (Å²) in [5.74, 6) is 0.0814. The van der Waals surface area contributed by atoms with Crippen LogP contribution in [0, 0.1) is 0 Å². The number of nitrogens with one attached hydrogen (secondary N) is 2. The molecule has 0 radical (unpaired) electrons. The molecule has 0 saturated carbocycles. The Bertz CT molecular complexity index is 1330. The molecular formula is C24H24BrClN2O5S2. The minimum atomic E-state index is -4.03. The summed E-state index contributed by atoms with van der Waals surface area (Å²) in [6.07, 6.45) is -0.547. The Hall–Kier alpha value is -1.95. The fraction of sp³-hybridized carbons (Fsp3) is 0.292. The van der Waals surface area contributed by atoms with Crippen molar-refractivity contribution < 1.29 is 23.1 Å². The van der Waals surface area contributed by atoms with Crippen molar-refractivity contribution in [2.75, 3.05) is 6.54 Å². The Morgan fingerprint density at radius 1 is 1.20 bits per heavy atom. The summed E-state index contributed by atoms with van der Waals surface area (Å²) in [5.41, 5.74) is 0.732. The molecule has 2 atom stereocenters. The van der Waals surface area contributed by atoms with E-state index in [2.05, 4.69) is 26.0 Å². The molecule has 2 aromatic carbocycles. The van der Waals surface area contributed by atoms with E-state index < -0.39 is 27.8 Å². The van der Waals surface area contributed by atoms with Gasteiger partial charge in [0.25, 0.3) is 15.9 Å². The van der Waals surface area contributed by atoms with Crippen LogP contribution in [0.25, 0.3) is 0 Å². The molecule has 4 rings (SSSR count). The van der Waals surface area contributed by atoms with Crippen molar-refractivity contribution >= 4 is 54.8 Å². The first kappa shape index (κ1) is 26.1. The lowest BCUT2D eigenvalue weighted by molar-refractivity contribution is -0.0603. The third-order valence-corrected chi connectivity index (χ3v) is 10.1. The number of carbonyl (C=O) groups excluding carboxylic acids is 1. The number of thiophene rings is 1. The molecular weight excluding hydrogens is 576 g/mol. The molecule has 1 aliphatic rings. The quantitative estimate of drug-likeness (QED) is 0.366. The number of aliphatic hydroxyl groups excluding tert-OH is 1. The highest BCUT2D eigenvalue weighted by Crippen LogP contribution is 2.42. The monoisotopic (exact) mass is 598 g/mol. The van der Waals surface area contributed by atoms with E-state index >= 15 is 0 Å². The third-order valence-electron chi connectivity index (χ3n) is 5.72. The van der Waals surface area contributed by atoms with E-state index in [1.54, 1.807) is 32.0 Å². The first-order valence-corrected chi connectivity index (χ1v) is 14.3. The Kier molecular flexibility index (Phi) is 7.61. The minimum absolute atomic E-state index is 0.00207. The van der Waals surface area contributed by atoms with Crippen molar-refractivity contribution in [1.82, 2.24) is 10.0 Å². The molecule has 0 fully saturated rings. The fourth-order valence-electron chi connectivity index (χ4n) is 3.82. The topological polar surface area (TPSA) is 105 Å². The Morgan fingerprint density at radius 3 is 2.57 bits per heavy atom. The van der Waals surface area contributed by atoms with Crippen molar-refractivity contribution in [3.63, 3.8) is 0 Å². The highest BCUT2D eigenvalue weighted by atomic mass is 79.9. The van der Waals surface area contributed by atoms with E-state index in [-0.39, 0.29) is 10.1 Å². The van der Waals surface area contributed by atoms with Gasteiger partial charge in [-0.2, -0.15) is 0 Å². The minimum Gasteiger partial charge on any atom is -0.485 e. The van der Waals surface area contributed by atoms with Crippen LogP contribution in [-0.2, 0) is 16.4 Å². The van der Waals surface area contributed by atoms with Gasteiger partial charge in [-0.25, -0.2) is 13.1 Å². The molecule has 2 heterocycles. The van der Waals surface area contributed by atoms with Gasteiger partial charge in [0.1, 0.15) is 26.0 Å². The summed E-state index contributed by atoms with van der Waals surface area (Å²) < 4.78 is 35.5. The number of carbonyl (C=O) groups is 1. The number of amides is 1. The predicted molar refractivity (Wildman–Crippen MR) is 140 cm³/mol. The van der Waals surface area contributed by atoms with Gasteiger partial charge in [0.2, 0.25) is 0 Å². The largest absolute Gasteiger partial charge is 0.485 e.